The molecule has 0 unspecified atom stereocenters. The molecule has 1 N–H and O–H groups in total. The highest BCUT2D eigenvalue weighted by molar-refractivity contribution is 5.97. The zero-order chi connectivity index (χ0) is 21.2. The smallest absolute Gasteiger partial charge is 0.233 e. The Hall–Kier alpha value is -3.78. The van der Waals surface area contributed by atoms with E-state index in [1.54, 1.807) is 24.7 Å². The van der Waals surface area contributed by atoms with Gasteiger partial charge in [-0.2, -0.15) is 0 Å². The Morgan fingerprint density at radius 3 is 2.65 bits per heavy atom. The third-order valence-corrected chi connectivity index (χ3v) is 5.04. The summed E-state index contributed by atoms with van der Waals surface area (Å²) in [6.07, 6.45) is 5.13. The van der Waals surface area contributed by atoms with E-state index in [9.17, 15) is 9.18 Å². The summed E-state index contributed by atoms with van der Waals surface area (Å²) in [5.74, 6) is -0.0468. The molecule has 1 aromatic carbocycles. The minimum absolute atomic E-state index is 0.103. The summed E-state index contributed by atoms with van der Waals surface area (Å²) < 4.78 is 18.9. The number of nitrogens with one attached hydrogen (secondary N) is 1. The first-order chi connectivity index (χ1) is 15.1. The number of rotatable bonds is 6. The van der Waals surface area contributed by atoms with Crippen molar-refractivity contribution in [3.63, 3.8) is 0 Å². The molecule has 5 rings (SSSR count). The van der Waals surface area contributed by atoms with Crippen molar-refractivity contribution in [2.24, 2.45) is 0 Å². The van der Waals surface area contributed by atoms with Gasteiger partial charge in [0.05, 0.1) is 35.7 Å². The van der Waals surface area contributed by atoms with Crippen LogP contribution in [0.15, 0.2) is 61.1 Å². The molecule has 1 aliphatic rings. The van der Waals surface area contributed by atoms with Crippen molar-refractivity contribution in [1.29, 1.82) is 0 Å². The van der Waals surface area contributed by atoms with E-state index in [0.29, 0.717) is 34.0 Å². The highest BCUT2D eigenvalue weighted by Crippen LogP contribution is 2.22. The van der Waals surface area contributed by atoms with Gasteiger partial charge in [0.25, 0.3) is 0 Å². The van der Waals surface area contributed by atoms with Crippen molar-refractivity contribution < 1.29 is 13.9 Å². The van der Waals surface area contributed by atoms with E-state index >= 15 is 0 Å². The largest absolute Gasteiger partial charge is 0.471 e. The van der Waals surface area contributed by atoms with Gasteiger partial charge in [-0.1, -0.05) is 0 Å². The van der Waals surface area contributed by atoms with Crippen LogP contribution < -0.4 is 10.1 Å². The minimum Gasteiger partial charge on any atom is -0.471 e. The summed E-state index contributed by atoms with van der Waals surface area (Å²) in [6, 6.07) is 11.0. The number of carbonyl (C=O) groups excluding carboxylic acids is 1. The number of ketones is 1. The maximum atomic E-state index is 13.1. The average Bonchev–Trinajstić information content (AvgIpc) is 2.76. The van der Waals surface area contributed by atoms with Crippen LogP contribution in [-0.4, -0.2) is 44.9 Å². The van der Waals surface area contributed by atoms with Gasteiger partial charge in [0, 0.05) is 30.2 Å². The molecule has 31 heavy (non-hydrogen) atoms. The van der Waals surface area contributed by atoms with Crippen LogP contribution in [0.25, 0.3) is 22.3 Å². The van der Waals surface area contributed by atoms with E-state index in [4.69, 9.17) is 4.74 Å². The number of pyridine rings is 2. The number of hydrogen-bond donors (Lipinski definition) is 1. The second-order valence-electron chi connectivity index (χ2n) is 7.31. The summed E-state index contributed by atoms with van der Waals surface area (Å²) >= 11 is 0. The standard InChI is InChI=1S/C23H18FN5O2/c24-16-4-1-14(2-5-16)22(30)8-17-7-20-15(9-27-17)3-6-19(28-20)21-12-26-13-23(29-21)31-18-10-25-11-18/h1-7,9,12-13,18,25H,8,10-11H2. The first-order valence-corrected chi connectivity index (χ1v) is 9.88. The molecule has 4 heterocycles. The number of ether oxygens (including phenoxy) is 1. The van der Waals surface area contributed by atoms with Crippen LogP contribution in [0, 0.1) is 5.82 Å². The number of halogens is 1. The quantitative estimate of drug-likeness (QED) is 0.484. The zero-order valence-corrected chi connectivity index (χ0v) is 16.5. The lowest BCUT2D eigenvalue weighted by Crippen LogP contribution is -2.50. The summed E-state index contributed by atoms with van der Waals surface area (Å²) in [5, 5.41) is 4.00. The Morgan fingerprint density at radius 1 is 1.03 bits per heavy atom. The molecule has 1 aliphatic heterocycles. The van der Waals surface area contributed by atoms with Gasteiger partial charge in [0.15, 0.2) is 5.78 Å². The minimum atomic E-state index is -0.376. The van der Waals surface area contributed by atoms with Gasteiger partial charge in [-0.15, -0.1) is 0 Å². The second-order valence-corrected chi connectivity index (χ2v) is 7.31. The number of hydrogen-bond acceptors (Lipinski definition) is 7. The van der Waals surface area contributed by atoms with Crippen LogP contribution in [-0.2, 0) is 6.42 Å². The number of nitrogens with zero attached hydrogens (tertiary/aromatic N) is 4. The summed E-state index contributed by atoms with van der Waals surface area (Å²) in [6.45, 7) is 1.60. The predicted octanol–water partition coefficient (Wildman–Crippen LogP) is 3.00. The van der Waals surface area contributed by atoms with Gasteiger partial charge in [-0.3, -0.25) is 14.8 Å². The summed E-state index contributed by atoms with van der Waals surface area (Å²) in [5.41, 5.74) is 2.99. The van der Waals surface area contributed by atoms with Crippen molar-refractivity contribution in [3.05, 3.63) is 78.1 Å². The SMILES string of the molecule is O=C(Cc1cc2nc(-c3cncc(OC4CNC4)n3)ccc2cn1)c1ccc(F)cc1. The Morgan fingerprint density at radius 2 is 1.87 bits per heavy atom. The Balaban J connectivity index is 1.39. The van der Waals surface area contributed by atoms with E-state index in [1.807, 2.05) is 12.1 Å². The molecule has 0 radical (unpaired) electrons. The van der Waals surface area contributed by atoms with E-state index in [2.05, 4.69) is 25.3 Å². The third kappa shape index (κ3) is 4.24. The molecular weight excluding hydrogens is 397 g/mol. The molecule has 7 nitrogen and oxygen atoms in total. The van der Waals surface area contributed by atoms with E-state index in [0.717, 1.165) is 18.5 Å². The van der Waals surface area contributed by atoms with Crippen LogP contribution in [0.1, 0.15) is 16.1 Å². The van der Waals surface area contributed by atoms with Gasteiger partial charge in [-0.05, 0) is 42.5 Å². The van der Waals surface area contributed by atoms with Gasteiger partial charge in [-0.25, -0.2) is 14.4 Å². The molecular formula is C23H18FN5O2. The second kappa shape index (κ2) is 8.16. The Labute approximate surface area is 177 Å². The highest BCUT2D eigenvalue weighted by atomic mass is 19.1. The van der Waals surface area contributed by atoms with Crippen molar-refractivity contribution in [2.75, 3.05) is 13.1 Å². The fourth-order valence-electron chi connectivity index (χ4n) is 3.24. The van der Waals surface area contributed by atoms with Crippen LogP contribution in [0.4, 0.5) is 4.39 Å². The van der Waals surface area contributed by atoms with Gasteiger partial charge in [0.2, 0.25) is 5.88 Å². The first-order valence-electron chi connectivity index (χ1n) is 9.88. The van der Waals surface area contributed by atoms with Crippen molar-refractivity contribution >= 4 is 16.7 Å². The number of Topliss-reactive ketones (excluding diaryl/α,β-unsaturated/α-hetero) is 1. The average molecular weight is 415 g/mol. The van der Waals surface area contributed by atoms with Gasteiger partial charge >= 0.3 is 0 Å². The van der Waals surface area contributed by atoms with Crippen molar-refractivity contribution in [1.82, 2.24) is 25.3 Å². The molecule has 4 aromatic rings. The van der Waals surface area contributed by atoms with Crippen LogP contribution >= 0.6 is 0 Å². The summed E-state index contributed by atoms with van der Waals surface area (Å²) in [7, 11) is 0. The lowest BCUT2D eigenvalue weighted by atomic mass is 10.1. The third-order valence-electron chi connectivity index (χ3n) is 5.04. The molecule has 0 amide bonds. The van der Waals surface area contributed by atoms with Crippen molar-refractivity contribution in [3.8, 4) is 17.3 Å². The molecule has 8 heteroatoms. The molecule has 1 fully saturated rings. The van der Waals surface area contributed by atoms with E-state index < -0.39 is 0 Å². The maximum Gasteiger partial charge on any atom is 0.233 e. The Kier molecular flexibility index (Phi) is 5.05. The molecule has 154 valence electrons. The van der Waals surface area contributed by atoms with E-state index in [1.165, 1.54) is 24.3 Å². The fraction of sp³-hybridized carbons (Fsp3) is 0.174. The maximum absolute atomic E-state index is 13.1. The van der Waals surface area contributed by atoms with Gasteiger partial charge < -0.3 is 10.1 Å². The number of carbonyl (C=O) groups is 1. The molecule has 0 atom stereocenters. The molecule has 3 aromatic heterocycles. The molecule has 1 saturated heterocycles. The number of benzene rings is 1. The lowest BCUT2D eigenvalue weighted by Gasteiger charge is -2.27. The van der Waals surface area contributed by atoms with Gasteiger partial charge in [0.1, 0.15) is 17.6 Å². The lowest BCUT2D eigenvalue weighted by molar-refractivity contribution is 0.0992. The van der Waals surface area contributed by atoms with Crippen LogP contribution in [0.5, 0.6) is 5.88 Å². The monoisotopic (exact) mass is 415 g/mol. The first kappa shape index (κ1) is 19.2. The van der Waals surface area contributed by atoms with Crippen LogP contribution in [0.3, 0.4) is 0 Å². The van der Waals surface area contributed by atoms with Crippen LogP contribution in [0.2, 0.25) is 0 Å². The fourth-order valence-corrected chi connectivity index (χ4v) is 3.24. The zero-order valence-electron chi connectivity index (χ0n) is 16.5. The summed E-state index contributed by atoms with van der Waals surface area (Å²) in [4.78, 5) is 30.3. The highest BCUT2D eigenvalue weighted by Gasteiger charge is 2.19. The Bertz CT molecular complexity index is 1260. The molecule has 0 spiro atoms. The molecule has 0 aliphatic carbocycles. The molecule has 0 saturated carbocycles. The normalized spacial score (nSPS) is 13.7. The van der Waals surface area contributed by atoms with Crippen molar-refractivity contribution in [2.45, 2.75) is 12.5 Å². The van der Waals surface area contributed by atoms with E-state index in [-0.39, 0.29) is 24.1 Å². The number of fused-ring (bicyclic) bond motifs is 1. The number of aromatic nitrogens is 4. The predicted molar refractivity (Wildman–Crippen MR) is 112 cm³/mol. The topological polar surface area (TPSA) is 89.9 Å². The molecule has 0 bridgehead atoms.